The Balaban J connectivity index is 0.000000273. The van der Waals surface area contributed by atoms with E-state index < -0.39 is 13.0 Å². The van der Waals surface area contributed by atoms with E-state index in [1.54, 1.807) is 36.4 Å². The smallest absolute Gasteiger partial charge is 0.272 e. The molecule has 0 amide bonds. The number of ether oxygens (including phenoxy) is 2. The summed E-state index contributed by atoms with van der Waals surface area (Å²) in [6.07, 6.45) is -2.53. The molecular formula is C19H22F3N3O2. The van der Waals surface area contributed by atoms with Gasteiger partial charge in [0.1, 0.15) is 30.6 Å². The fraction of sp³-hybridized carbons (Fsp3) is 0.316. The number of rotatable bonds is 5. The Morgan fingerprint density at radius 2 is 1.93 bits per heavy atom. The summed E-state index contributed by atoms with van der Waals surface area (Å²) in [6, 6.07) is 12.7. The van der Waals surface area contributed by atoms with E-state index in [2.05, 4.69) is 10.3 Å². The van der Waals surface area contributed by atoms with Crippen molar-refractivity contribution >= 4 is 17.2 Å². The molecule has 0 bridgehead atoms. The van der Waals surface area contributed by atoms with E-state index >= 15 is 0 Å². The monoisotopic (exact) mass is 381 g/mol. The molecular weight excluding hydrogens is 359 g/mol. The van der Waals surface area contributed by atoms with Crippen molar-refractivity contribution < 1.29 is 22.6 Å². The summed E-state index contributed by atoms with van der Waals surface area (Å²) >= 11 is 0. The van der Waals surface area contributed by atoms with Gasteiger partial charge in [-0.05, 0) is 43.3 Å². The molecule has 8 heteroatoms. The molecule has 0 aliphatic carbocycles. The number of nitrogens with one attached hydrogen (secondary N) is 1. The van der Waals surface area contributed by atoms with E-state index in [1.807, 2.05) is 6.92 Å². The van der Waals surface area contributed by atoms with Gasteiger partial charge in [-0.1, -0.05) is 12.1 Å². The molecule has 27 heavy (non-hydrogen) atoms. The molecule has 1 heterocycles. The molecule has 1 unspecified atom stereocenters. The van der Waals surface area contributed by atoms with Gasteiger partial charge in [-0.25, -0.2) is 13.2 Å². The maximum absolute atomic E-state index is 12.8. The van der Waals surface area contributed by atoms with Crippen molar-refractivity contribution in [1.82, 2.24) is 0 Å². The van der Waals surface area contributed by atoms with Gasteiger partial charge in [0.15, 0.2) is 0 Å². The van der Waals surface area contributed by atoms with E-state index in [0.717, 1.165) is 0 Å². The lowest BCUT2D eigenvalue weighted by molar-refractivity contribution is 0.0823. The molecule has 0 aromatic heterocycles. The van der Waals surface area contributed by atoms with Crippen molar-refractivity contribution in [3.63, 3.8) is 0 Å². The van der Waals surface area contributed by atoms with Crippen LogP contribution in [0, 0.1) is 5.82 Å². The van der Waals surface area contributed by atoms with Crippen LogP contribution in [0.4, 0.5) is 24.5 Å². The first kappa shape index (κ1) is 20.6. The highest BCUT2D eigenvalue weighted by atomic mass is 19.3. The summed E-state index contributed by atoms with van der Waals surface area (Å²) in [5.74, 6) is 0.601. The predicted octanol–water partition coefficient (Wildman–Crippen LogP) is 3.98. The lowest BCUT2D eigenvalue weighted by Crippen LogP contribution is -2.29. The highest BCUT2D eigenvalue weighted by Crippen LogP contribution is 2.27. The van der Waals surface area contributed by atoms with Crippen LogP contribution in [0.5, 0.6) is 5.75 Å². The second kappa shape index (κ2) is 10.4. The maximum atomic E-state index is 12.8. The van der Waals surface area contributed by atoms with Crippen molar-refractivity contribution in [1.29, 1.82) is 0 Å². The lowest BCUT2D eigenvalue weighted by Gasteiger charge is -2.13. The number of alkyl halides is 2. The van der Waals surface area contributed by atoms with Gasteiger partial charge in [-0.3, -0.25) is 4.99 Å². The largest absolute Gasteiger partial charge is 0.485 e. The average Bonchev–Trinajstić information content (AvgIpc) is 2.63. The van der Waals surface area contributed by atoms with Gasteiger partial charge in [-0.15, -0.1) is 0 Å². The van der Waals surface area contributed by atoms with Crippen LogP contribution in [0.25, 0.3) is 0 Å². The number of halogens is 3. The van der Waals surface area contributed by atoms with Crippen molar-refractivity contribution in [2.45, 2.75) is 19.4 Å². The molecule has 0 radical (unpaired) electrons. The van der Waals surface area contributed by atoms with Gasteiger partial charge in [0.25, 0.3) is 6.43 Å². The van der Waals surface area contributed by atoms with Gasteiger partial charge in [0.2, 0.25) is 0 Å². The minimum absolute atomic E-state index is 0.253. The van der Waals surface area contributed by atoms with Crippen LogP contribution >= 0.6 is 0 Å². The quantitative estimate of drug-likeness (QED) is 0.822. The summed E-state index contributed by atoms with van der Waals surface area (Å²) in [4.78, 5) is 4.05. The Morgan fingerprint density at radius 3 is 2.52 bits per heavy atom. The highest BCUT2D eigenvalue weighted by Gasteiger charge is 2.08. The average molecular weight is 381 g/mol. The summed E-state index contributed by atoms with van der Waals surface area (Å²) in [5.41, 5.74) is 6.55. The van der Waals surface area contributed by atoms with Crippen molar-refractivity contribution in [3.8, 4) is 5.75 Å². The molecule has 3 rings (SSSR count). The zero-order valence-electron chi connectivity index (χ0n) is 14.9. The first-order chi connectivity index (χ1) is 12.9. The van der Waals surface area contributed by atoms with Gasteiger partial charge >= 0.3 is 0 Å². The van der Waals surface area contributed by atoms with Crippen LogP contribution in [0.3, 0.4) is 0 Å². The predicted molar refractivity (Wildman–Crippen MR) is 99.5 cm³/mol. The molecule has 0 saturated carbocycles. The SMILES string of the molecule is CC1COCC(N)=N1.Fc1ccc(Nc2ccccc2OCC(F)F)cc1. The second-order valence-electron chi connectivity index (χ2n) is 5.81. The Morgan fingerprint density at radius 1 is 1.22 bits per heavy atom. The zero-order valence-corrected chi connectivity index (χ0v) is 14.9. The molecule has 1 aliphatic heterocycles. The van der Waals surface area contributed by atoms with Gasteiger partial charge < -0.3 is 20.5 Å². The normalized spacial score (nSPS) is 16.2. The molecule has 1 atom stereocenters. The summed E-state index contributed by atoms with van der Waals surface area (Å²) in [7, 11) is 0. The molecule has 1 aliphatic rings. The number of nitrogens with zero attached hydrogens (tertiary/aromatic N) is 1. The molecule has 2 aromatic rings. The number of aliphatic imine (C=N–C) groups is 1. The zero-order chi connectivity index (χ0) is 19.6. The standard InChI is InChI=1S/C14H12F3NO.C5H10N2O/c15-10-5-7-11(8-6-10)18-12-3-1-2-4-13(12)19-9-14(16)17;1-4-2-8-3-5(6)7-4/h1-8,14,18H,9H2;4H,2-3H2,1H3,(H2,6,7). The Labute approximate surface area is 156 Å². The number of amidine groups is 1. The van der Waals surface area contributed by atoms with Crippen molar-refractivity contribution in [2.24, 2.45) is 10.7 Å². The van der Waals surface area contributed by atoms with Crippen molar-refractivity contribution in [2.75, 3.05) is 25.1 Å². The first-order valence-electron chi connectivity index (χ1n) is 8.36. The van der Waals surface area contributed by atoms with Crippen molar-refractivity contribution in [3.05, 3.63) is 54.3 Å². The number of nitrogens with two attached hydrogens (primary N) is 1. The maximum Gasteiger partial charge on any atom is 0.272 e. The summed E-state index contributed by atoms with van der Waals surface area (Å²) in [6.45, 7) is 2.53. The van der Waals surface area contributed by atoms with E-state index in [-0.39, 0.29) is 11.9 Å². The fourth-order valence-electron chi connectivity index (χ4n) is 2.23. The van der Waals surface area contributed by atoms with E-state index in [9.17, 15) is 13.2 Å². The number of benzene rings is 2. The van der Waals surface area contributed by atoms with Crippen LogP contribution < -0.4 is 15.8 Å². The van der Waals surface area contributed by atoms with Crippen LogP contribution in [0.2, 0.25) is 0 Å². The number of para-hydroxylation sites is 2. The number of anilines is 2. The highest BCUT2D eigenvalue weighted by molar-refractivity contribution is 5.82. The van der Waals surface area contributed by atoms with Gasteiger partial charge in [0, 0.05) is 5.69 Å². The van der Waals surface area contributed by atoms with E-state index in [0.29, 0.717) is 36.2 Å². The Bertz CT molecular complexity index is 739. The minimum atomic E-state index is -2.53. The molecule has 5 nitrogen and oxygen atoms in total. The third-order valence-electron chi connectivity index (χ3n) is 3.37. The fourth-order valence-corrected chi connectivity index (χ4v) is 2.23. The Kier molecular flexibility index (Phi) is 7.94. The van der Waals surface area contributed by atoms with E-state index in [1.165, 1.54) is 12.1 Å². The molecule has 3 N–H and O–H groups in total. The van der Waals surface area contributed by atoms with Gasteiger partial charge in [-0.2, -0.15) is 0 Å². The first-order valence-corrected chi connectivity index (χ1v) is 8.36. The lowest BCUT2D eigenvalue weighted by atomic mass is 10.2. The minimum Gasteiger partial charge on any atom is -0.485 e. The van der Waals surface area contributed by atoms with Crippen LogP contribution in [0.1, 0.15) is 6.92 Å². The molecule has 0 saturated heterocycles. The van der Waals surface area contributed by atoms with Crippen LogP contribution in [-0.2, 0) is 4.74 Å². The Hall–Kier alpha value is -2.74. The third-order valence-corrected chi connectivity index (χ3v) is 3.37. The molecule has 146 valence electrons. The second-order valence-corrected chi connectivity index (χ2v) is 5.81. The number of hydrogen-bond acceptors (Lipinski definition) is 5. The summed E-state index contributed by atoms with van der Waals surface area (Å²) in [5, 5.41) is 2.99. The van der Waals surface area contributed by atoms with Crippen LogP contribution in [-0.4, -0.2) is 38.1 Å². The third kappa shape index (κ3) is 7.57. The van der Waals surface area contributed by atoms with Gasteiger partial charge in [0.05, 0.1) is 18.3 Å². The molecule has 0 spiro atoms. The molecule has 2 aromatic carbocycles. The summed E-state index contributed by atoms with van der Waals surface area (Å²) < 4.78 is 47.1. The van der Waals surface area contributed by atoms with E-state index in [4.69, 9.17) is 15.2 Å². The molecule has 0 fully saturated rings. The van der Waals surface area contributed by atoms with Crippen LogP contribution in [0.15, 0.2) is 53.5 Å². The number of hydrogen-bond donors (Lipinski definition) is 2. The topological polar surface area (TPSA) is 68.9 Å².